The Labute approximate surface area is 145 Å². The van der Waals surface area contributed by atoms with E-state index in [9.17, 15) is 4.79 Å². The number of hydrogen-bond donors (Lipinski definition) is 0. The van der Waals surface area contributed by atoms with Crippen LogP contribution in [0, 0.1) is 0 Å². The fourth-order valence-electron chi connectivity index (χ4n) is 3.44. The van der Waals surface area contributed by atoms with Crippen LogP contribution in [-0.2, 0) is 4.74 Å². The molecule has 0 unspecified atom stereocenters. The molecule has 2 saturated heterocycles. The van der Waals surface area contributed by atoms with Crippen molar-refractivity contribution >= 4 is 5.91 Å². The van der Waals surface area contributed by atoms with Crippen molar-refractivity contribution in [1.29, 1.82) is 0 Å². The van der Waals surface area contributed by atoms with E-state index in [0.717, 1.165) is 44.7 Å². The van der Waals surface area contributed by atoms with Gasteiger partial charge in [-0.1, -0.05) is 5.16 Å². The number of carbonyl (C=O) groups excluding carboxylic acids is 1. The average molecular weight is 343 g/mol. The third-order valence-electron chi connectivity index (χ3n) is 4.96. The Hall–Kier alpha value is -2.35. The molecule has 4 rings (SSSR count). The zero-order valence-corrected chi connectivity index (χ0v) is 14.0. The number of rotatable bonds is 3. The van der Waals surface area contributed by atoms with Crippen LogP contribution in [0.4, 0.5) is 0 Å². The van der Waals surface area contributed by atoms with Gasteiger partial charge in [-0.25, -0.2) is 4.98 Å². The number of piperidine rings is 1. The smallest absolute Gasteiger partial charge is 0.274 e. The Kier molecular flexibility index (Phi) is 4.69. The van der Waals surface area contributed by atoms with Gasteiger partial charge in [0, 0.05) is 50.5 Å². The van der Waals surface area contributed by atoms with Crippen LogP contribution in [0.1, 0.15) is 59.7 Å². The van der Waals surface area contributed by atoms with E-state index >= 15 is 0 Å². The molecule has 0 radical (unpaired) electrons. The second-order valence-electron chi connectivity index (χ2n) is 6.53. The van der Waals surface area contributed by atoms with Gasteiger partial charge in [0.15, 0.2) is 5.82 Å². The number of aromatic nitrogens is 4. The van der Waals surface area contributed by atoms with Crippen LogP contribution in [0.3, 0.4) is 0 Å². The topological polar surface area (TPSA) is 94.2 Å². The third kappa shape index (κ3) is 3.53. The maximum atomic E-state index is 12.4. The quantitative estimate of drug-likeness (QED) is 0.838. The monoisotopic (exact) mass is 343 g/mol. The van der Waals surface area contributed by atoms with Gasteiger partial charge < -0.3 is 14.2 Å². The molecule has 132 valence electrons. The molecule has 2 aliphatic heterocycles. The molecule has 1 amide bonds. The normalized spacial score (nSPS) is 19.9. The molecule has 0 bridgehead atoms. The van der Waals surface area contributed by atoms with Crippen molar-refractivity contribution in [2.75, 3.05) is 26.3 Å². The second-order valence-corrected chi connectivity index (χ2v) is 6.53. The Bertz CT molecular complexity index is 706. The molecular formula is C17H21N5O3. The molecule has 0 atom stereocenters. The molecule has 0 saturated carbocycles. The standard InChI is InChI=1S/C17H21N5O3/c23-17(14-11-18-5-6-19-14)22-7-1-13(2-8-22)16-20-15(21-25-16)12-3-9-24-10-4-12/h5-6,11-13H,1-4,7-10H2. The lowest BCUT2D eigenvalue weighted by Crippen LogP contribution is -2.38. The van der Waals surface area contributed by atoms with Crippen molar-refractivity contribution in [3.8, 4) is 0 Å². The molecule has 25 heavy (non-hydrogen) atoms. The summed E-state index contributed by atoms with van der Waals surface area (Å²) in [7, 11) is 0. The van der Waals surface area contributed by atoms with E-state index < -0.39 is 0 Å². The van der Waals surface area contributed by atoms with Gasteiger partial charge in [0.2, 0.25) is 5.89 Å². The van der Waals surface area contributed by atoms with Crippen LogP contribution >= 0.6 is 0 Å². The Morgan fingerprint density at radius 1 is 1.08 bits per heavy atom. The molecule has 2 aromatic rings. The number of hydrogen-bond acceptors (Lipinski definition) is 7. The number of ether oxygens (including phenoxy) is 1. The zero-order chi connectivity index (χ0) is 17.1. The Balaban J connectivity index is 1.36. The maximum absolute atomic E-state index is 12.4. The van der Waals surface area contributed by atoms with Crippen LogP contribution in [-0.4, -0.2) is 57.2 Å². The highest BCUT2D eigenvalue weighted by Crippen LogP contribution is 2.30. The van der Waals surface area contributed by atoms with Gasteiger partial charge in [-0.15, -0.1) is 0 Å². The van der Waals surface area contributed by atoms with Crippen LogP contribution in [0.2, 0.25) is 0 Å². The van der Waals surface area contributed by atoms with E-state index in [0.29, 0.717) is 30.6 Å². The lowest BCUT2D eigenvalue weighted by atomic mass is 9.96. The molecule has 2 aliphatic rings. The van der Waals surface area contributed by atoms with Gasteiger partial charge >= 0.3 is 0 Å². The summed E-state index contributed by atoms with van der Waals surface area (Å²) in [5.74, 6) is 1.99. The summed E-state index contributed by atoms with van der Waals surface area (Å²) >= 11 is 0. The molecular weight excluding hydrogens is 322 g/mol. The van der Waals surface area contributed by atoms with Gasteiger partial charge in [0.1, 0.15) is 5.69 Å². The van der Waals surface area contributed by atoms with E-state index in [2.05, 4.69) is 20.1 Å². The van der Waals surface area contributed by atoms with Crippen molar-refractivity contribution in [3.05, 3.63) is 36.0 Å². The third-order valence-corrected chi connectivity index (χ3v) is 4.96. The minimum Gasteiger partial charge on any atom is -0.381 e. The largest absolute Gasteiger partial charge is 0.381 e. The number of nitrogens with zero attached hydrogens (tertiary/aromatic N) is 5. The highest BCUT2D eigenvalue weighted by atomic mass is 16.5. The first-order chi connectivity index (χ1) is 12.3. The summed E-state index contributed by atoms with van der Waals surface area (Å²) in [6, 6.07) is 0. The Morgan fingerprint density at radius 3 is 2.60 bits per heavy atom. The SMILES string of the molecule is O=C(c1cnccn1)N1CCC(c2nc(C3CCOCC3)no2)CC1. The van der Waals surface area contributed by atoms with Crippen molar-refractivity contribution in [2.24, 2.45) is 0 Å². The molecule has 2 fully saturated rings. The highest BCUT2D eigenvalue weighted by Gasteiger charge is 2.30. The Morgan fingerprint density at radius 2 is 1.88 bits per heavy atom. The van der Waals surface area contributed by atoms with Crippen molar-refractivity contribution in [1.82, 2.24) is 25.0 Å². The van der Waals surface area contributed by atoms with Crippen molar-refractivity contribution in [3.63, 3.8) is 0 Å². The van der Waals surface area contributed by atoms with Crippen LogP contribution in [0.15, 0.2) is 23.1 Å². The van der Waals surface area contributed by atoms with E-state index in [1.54, 1.807) is 6.20 Å². The highest BCUT2D eigenvalue weighted by molar-refractivity contribution is 5.92. The number of carbonyl (C=O) groups is 1. The molecule has 2 aromatic heterocycles. The first-order valence-electron chi connectivity index (χ1n) is 8.78. The van der Waals surface area contributed by atoms with Gasteiger partial charge in [0.05, 0.1) is 6.20 Å². The second kappa shape index (κ2) is 7.26. The van der Waals surface area contributed by atoms with E-state index in [1.165, 1.54) is 12.4 Å². The van der Waals surface area contributed by atoms with E-state index in [4.69, 9.17) is 9.26 Å². The van der Waals surface area contributed by atoms with Gasteiger partial charge in [-0.3, -0.25) is 9.78 Å². The predicted octanol–water partition coefficient (Wildman–Crippen LogP) is 1.77. The molecule has 0 N–H and O–H groups in total. The lowest BCUT2D eigenvalue weighted by molar-refractivity contribution is 0.0698. The van der Waals surface area contributed by atoms with Gasteiger partial charge in [-0.2, -0.15) is 4.98 Å². The van der Waals surface area contributed by atoms with Crippen LogP contribution in [0.25, 0.3) is 0 Å². The van der Waals surface area contributed by atoms with Crippen molar-refractivity contribution in [2.45, 2.75) is 37.5 Å². The minimum absolute atomic E-state index is 0.0695. The molecule has 4 heterocycles. The summed E-state index contributed by atoms with van der Waals surface area (Å²) in [6.45, 7) is 2.85. The summed E-state index contributed by atoms with van der Waals surface area (Å²) in [5, 5.41) is 4.18. The molecule has 0 aliphatic carbocycles. The number of likely N-dealkylation sites (tertiary alicyclic amines) is 1. The molecule has 0 aromatic carbocycles. The van der Waals surface area contributed by atoms with Gasteiger partial charge in [-0.05, 0) is 25.7 Å². The first kappa shape index (κ1) is 16.1. The fourth-order valence-corrected chi connectivity index (χ4v) is 3.44. The van der Waals surface area contributed by atoms with E-state index in [1.807, 2.05) is 4.90 Å². The fraction of sp³-hybridized carbons (Fsp3) is 0.588. The predicted molar refractivity (Wildman–Crippen MR) is 87.0 cm³/mol. The summed E-state index contributed by atoms with van der Waals surface area (Å²) < 4.78 is 10.9. The lowest BCUT2D eigenvalue weighted by Gasteiger charge is -2.30. The van der Waals surface area contributed by atoms with Gasteiger partial charge in [0.25, 0.3) is 5.91 Å². The summed E-state index contributed by atoms with van der Waals surface area (Å²) in [6.07, 6.45) is 8.15. The summed E-state index contributed by atoms with van der Waals surface area (Å²) in [5.41, 5.74) is 0.389. The van der Waals surface area contributed by atoms with Crippen LogP contribution in [0.5, 0.6) is 0 Å². The maximum Gasteiger partial charge on any atom is 0.274 e. The first-order valence-corrected chi connectivity index (χ1v) is 8.78. The molecule has 0 spiro atoms. The zero-order valence-electron chi connectivity index (χ0n) is 14.0. The summed E-state index contributed by atoms with van der Waals surface area (Å²) in [4.78, 5) is 26.9. The minimum atomic E-state index is -0.0695. The van der Waals surface area contributed by atoms with Crippen molar-refractivity contribution < 1.29 is 14.1 Å². The average Bonchev–Trinajstić information content (AvgIpc) is 3.19. The molecule has 8 nitrogen and oxygen atoms in total. The van der Waals surface area contributed by atoms with Crippen LogP contribution < -0.4 is 0 Å². The number of amides is 1. The van der Waals surface area contributed by atoms with E-state index in [-0.39, 0.29) is 11.8 Å². The molecule has 8 heteroatoms.